The molecule has 2 atom stereocenters. The van der Waals surface area contributed by atoms with Gasteiger partial charge in [0.05, 0.1) is 28.3 Å². The third-order valence-electron chi connectivity index (χ3n) is 13.3. The molecule has 4 fully saturated rings. The maximum atomic E-state index is 13.5. The zero-order valence-electron chi connectivity index (χ0n) is 32.9. The molecule has 6 aliphatic rings. The van der Waals surface area contributed by atoms with Gasteiger partial charge in [0.1, 0.15) is 12.1 Å². The highest BCUT2D eigenvalue weighted by Gasteiger charge is 2.46. The van der Waals surface area contributed by atoms with E-state index >= 15 is 0 Å². The predicted octanol–water partition coefficient (Wildman–Crippen LogP) is 3.80. The number of fused-ring (bicyclic) bond motifs is 2. The van der Waals surface area contributed by atoms with Crippen LogP contribution in [0, 0.1) is 16.7 Å². The van der Waals surface area contributed by atoms with Crippen LogP contribution in [0.4, 0.5) is 11.4 Å². The SMILES string of the molecule is CC1CC2(CCN(c3ccc(C(=O)N4CCN(CC(=O)N5Cc6cc7c(cc6C5)C(=O)N(C5CCC(=O)NC5=O)C7=O)CC4)cc3)CC2)CN1c1ccc(C#N)c(Cl)c1. The van der Waals surface area contributed by atoms with Gasteiger partial charge in [-0.3, -0.25) is 43.9 Å². The van der Waals surface area contributed by atoms with E-state index in [-0.39, 0.29) is 47.7 Å². The van der Waals surface area contributed by atoms with Crippen molar-refractivity contribution in [3.05, 3.63) is 93.0 Å². The average Bonchev–Trinajstić information content (AvgIpc) is 3.88. The van der Waals surface area contributed by atoms with Crippen molar-refractivity contribution in [2.24, 2.45) is 5.41 Å². The largest absolute Gasteiger partial charge is 0.371 e. The molecule has 2 unspecified atom stereocenters. The molecule has 15 heteroatoms. The Bertz CT molecular complexity index is 2280. The molecule has 0 aliphatic carbocycles. The first-order valence-electron chi connectivity index (χ1n) is 20.4. The van der Waals surface area contributed by atoms with Crippen molar-refractivity contribution in [2.45, 2.75) is 64.2 Å². The first kappa shape index (κ1) is 38.7. The Morgan fingerprint density at radius 3 is 2.10 bits per heavy atom. The molecule has 1 N–H and O–H groups in total. The molecule has 0 bridgehead atoms. The van der Waals surface area contributed by atoms with Crippen molar-refractivity contribution in [2.75, 3.05) is 62.2 Å². The van der Waals surface area contributed by atoms with Crippen LogP contribution in [-0.4, -0.2) is 119 Å². The van der Waals surface area contributed by atoms with Gasteiger partial charge in [-0.05, 0) is 104 Å². The Labute approximate surface area is 347 Å². The van der Waals surface area contributed by atoms with Crippen molar-refractivity contribution < 1.29 is 28.8 Å². The Hall–Kier alpha value is -5.78. The van der Waals surface area contributed by atoms with E-state index < -0.39 is 29.7 Å². The highest BCUT2D eigenvalue weighted by molar-refractivity contribution is 6.32. The number of piperazine rings is 1. The number of hydrogen-bond acceptors (Lipinski definition) is 10. The molecule has 9 rings (SSSR count). The molecular formula is C44H45ClN8O6. The molecular weight excluding hydrogens is 772 g/mol. The fourth-order valence-corrected chi connectivity index (χ4v) is 10.2. The van der Waals surface area contributed by atoms with Gasteiger partial charge in [-0.25, -0.2) is 0 Å². The lowest BCUT2D eigenvalue weighted by Crippen LogP contribution is -2.54. The number of nitrogens with one attached hydrogen (secondary N) is 1. The van der Waals surface area contributed by atoms with Crippen LogP contribution in [0.2, 0.25) is 5.02 Å². The maximum absolute atomic E-state index is 13.5. The minimum absolute atomic E-state index is 0.0219. The summed E-state index contributed by atoms with van der Waals surface area (Å²) in [5, 5.41) is 12.0. The molecule has 6 heterocycles. The molecule has 0 aromatic heterocycles. The van der Waals surface area contributed by atoms with Gasteiger partial charge in [-0.2, -0.15) is 5.26 Å². The third kappa shape index (κ3) is 7.10. The smallest absolute Gasteiger partial charge is 0.262 e. The van der Waals surface area contributed by atoms with Gasteiger partial charge in [0.25, 0.3) is 17.7 Å². The van der Waals surface area contributed by atoms with Crippen LogP contribution in [0.25, 0.3) is 0 Å². The van der Waals surface area contributed by atoms with Gasteiger partial charge in [-0.15, -0.1) is 0 Å². The Morgan fingerprint density at radius 2 is 1.49 bits per heavy atom. The maximum Gasteiger partial charge on any atom is 0.262 e. The minimum Gasteiger partial charge on any atom is -0.371 e. The van der Waals surface area contributed by atoms with Gasteiger partial charge in [0.15, 0.2) is 0 Å². The van der Waals surface area contributed by atoms with Gasteiger partial charge in [0.2, 0.25) is 17.7 Å². The van der Waals surface area contributed by atoms with Gasteiger partial charge >= 0.3 is 0 Å². The van der Waals surface area contributed by atoms with E-state index in [1.807, 2.05) is 41.3 Å². The highest BCUT2D eigenvalue weighted by Crippen LogP contribution is 2.46. The number of nitrogens with zero attached hydrogens (tertiary/aromatic N) is 7. The van der Waals surface area contributed by atoms with E-state index in [1.54, 1.807) is 23.1 Å². The highest BCUT2D eigenvalue weighted by atomic mass is 35.5. The van der Waals surface area contributed by atoms with E-state index in [2.05, 4.69) is 33.0 Å². The summed E-state index contributed by atoms with van der Waals surface area (Å²) in [7, 11) is 0. The molecule has 3 aromatic rings. The summed E-state index contributed by atoms with van der Waals surface area (Å²) < 4.78 is 0. The number of nitriles is 1. The summed E-state index contributed by atoms with van der Waals surface area (Å²) in [4.78, 5) is 89.0. The lowest BCUT2D eigenvalue weighted by atomic mass is 9.76. The number of rotatable bonds is 6. The molecule has 1 spiro atoms. The molecule has 304 valence electrons. The lowest BCUT2D eigenvalue weighted by Gasteiger charge is -2.40. The van der Waals surface area contributed by atoms with Crippen LogP contribution < -0.4 is 15.1 Å². The van der Waals surface area contributed by atoms with Crippen molar-refractivity contribution >= 4 is 58.4 Å². The summed E-state index contributed by atoms with van der Waals surface area (Å²) >= 11 is 6.37. The summed E-state index contributed by atoms with van der Waals surface area (Å²) in [5.41, 5.74) is 5.55. The third-order valence-corrected chi connectivity index (χ3v) is 13.6. The van der Waals surface area contributed by atoms with Crippen molar-refractivity contribution in [1.29, 1.82) is 5.26 Å². The molecule has 6 aliphatic heterocycles. The van der Waals surface area contributed by atoms with Gasteiger partial charge < -0.3 is 19.6 Å². The van der Waals surface area contributed by atoms with Crippen molar-refractivity contribution in [1.82, 2.24) is 24.9 Å². The molecule has 59 heavy (non-hydrogen) atoms. The number of carbonyl (C=O) groups excluding carboxylic acids is 6. The lowest BCUT2D eigenvalue weighted by molar-refractivity contribution is -0.136. The summed E-state index contributed by atoms with van der Waals surface area (Å²) in [6.07, 6.45) is 3.41. The number of anilines is 2. The van der Waals surface area contributed by atoms with Crippen LogP contribution in [0.3, 0.4) is 0 Å². The quantitative estimate of drug-likeness (QED) is 0.363. The molecule has 3 aromatic carbocycles. The van der Waals surface area contributed by atoms with Gasteiger partial charge in [0, 0.05) is 88.3 Å². The Morgan fingerprint density at radius 1 is 0.847 bits per heavy atom. The second-order valence-corrected chi connectivity index (χ2v) is 17.3. The number of carbonyl (C=O) groups is 6. The minimum atomic E-state index is -1.03. The zero-order chi connectivity index (χ0) is 41.2. The Balaban J connectivity index is 0.739. The molecule has 6 amide bonds. The van der Waals surface area contributed by atoms with E-state index in [0.29, 0.717) is 61.5 Å². The van der Waals surface area contributed by atoms with Crippen LogP contribution in [0.1, 0.15) is 86.8 Å². The monoisotopic (exact) mass is 816 g/mol. The van der Waals surface area contributed by atoms with Gasteiger partial charge in [-0.1, -0.05) is 11.6 Å². The van der Waals surface area contributed by atoms with E-state index in [9.17, 15) is 34.0 Å². The fraction of sp³-hybridized carbons (Fsp3) is 0.432. The second-order valence-electron chi connectivity index (χ2n) is 16.9. The molecule has 0 radical (unpaired) electrons. The predicted molar refractivity (Wildman–Crippen MR) is 218 cm³/mol. The normalized spacial score (nSPS) is 22.8. The number of imide groups is 2. The van der Waals surface area contributed by atoms with Crippen LogP contribution in [0.15, 0.2) is 54.6 Å². The average molecular weight is 817 g/mol. The van der Waals surface area contributed by atoms with Crippen LogP contribution in [0.5, 0.6) is 0 Å². The molecule has 14 nitrogen and oxygen atoms in total. The second kappa shape index (κ2) is 15.1. The summed E-state index contributed by atoms with van der Waals surface area (Å²) in [6, 6.07) is 18.5. The molecule has 0 saturated carbocycles. The standard InChI is InChI=1S/C44H45ClN8O6/c1-27-21-44(26-52(27)33-7-4-29(22-46)36(45)20-33)10-12-49(13-11-44)32-5-2-28(3-6-32)41(57)50-16-14-48(15-17-50)25-39(55)51-23-30-18-34-35(19-31(30)24-51)43(59)53(42(34)58)37-8-9-38(54)47-40(37)56/h2-7,18-20,27,37H,8-17,21,23-26H2,1H3,(H,47,54,56). The van der Waals surface area contributed by atoms with E-state index in [4.69, 9.17) is 11.6 Å². The number of amides is 6. The first-order valence-corrected chi connectivity index (χ1v) is 20.8. The number of piperidine rings is 2. The van der Waals surface area contributed by atoms with Crippen molar-refractivity contribution in [3.63, 3.8) is 0 Å². The zero-order valence-corrected chi connectivity index (χ0v) is 33.7. The van der Waals surface area contributed by atoms with Crippen LogP contribution >= 0.6 is 11.6 Å². The molecule has 4 saturated heterocycles. The number of hydrogen-bond donors (Lipinski definition) is 1. The van der Waals surface area contributed by atoms with E-state index in [0.717, 1.165) is 66.3 Å². The van der Waals surface area contributed by atoms with Crippen LogP contribution in [-0.2, 0) is 27.5 Å². The topological polar surface area (TPSA) is 158 Å². The first-order chi connectivity index (χ1) is 28.4. The van der Waals surface area contributed by atoms with E-state index in [1.165, 1.54) is 0 Å². The number of halogens is 1. The number of benzene rings is 3. The fourth-order valence-electron chi connectivity index (χ4n) is 9.98. The van der Waals surface area contributed by atoms with Crippen molar-refractivity contribution in [3.8, 4) is 6.07 Å². The summed E-state index contributed by atoms with van der Waals surface area (Å²) in [6.45, 7) is 8.07. The Kier molecular flexibility index (Phi) is 9.92. The summed E-state index contributed by atoms with van der Waals surface area (Å²) in [5.74, 6) is -2.29.